The fourth-order valence-corrected chi connectivity index (χ4v) is 10.2. The average Bonchev–Trinajstić information content (AvgIpc) is 3.36. The lowest BCUT2D eigenvalue weighted by molar-refractivity contribution is -0.167. The van der Waals surface area contributed by atoms with Crippen LogP contribution in [0.3, 0.4) is 0 Å². The Morgan fingerprint density at radius 1 is 0.268 bits per heavy atom. The molecule has 0 aromatic heterocycles. The number of unbranched alkanes of at least 4 members (excludes halogenated alkanes) is 47. The van der Waals surface area contributed by atoms with Gasteiger partial charge in [-0.1, -0.05) is 336 Å². The highest BCUT2D eigenvalue weighted by Gasteiger charge is 2.19. The molecule has 0 fully saturated rings. The monoisotopic (exact) mass is 1000 g/mol. The Hall–Kier alpha value is -1.59. The Morgan fingerprint density at radius 2 is 0.465 bits per heavy atom. The van der Waals surface area contributed by atoms with Crippen LogP contribution < -0.4 is 0 Å². The van der Waals surface area contributed by atoms with Crippen molar-refractivity contribution in [3.05, 3.63) is 0 Å². The molecule has 0 heterocycles. The summed E-state index contributed by atoms with van der Waals surface area (Å²) in [5.41, 5.74) is 0. The number of rotatable bonds is 60. The third kappa shape index (κ3) is 59.2. The van der Waals surface area contributed by atoms with Crippen molar-refractivity contribution in [2.45, 2.75) is 381 Å². The van der Waals surface area contributed by atoms with Gasteiger partial charge in [0.25, 0.3) is 0 Å². The van der Waals surface area contributed by atoms with E-state index in [1.165, 1.54) is 270 Å². The molecule has 422 valence electrons. The van der Waals surface area contributed by atoms with Gasteiger partial charge >= 0.3 is 17.9 Å². The van der Waals surface area contributed by atoms with Gasteiger partial charge in [-0.2, -0.15) is 0 Å². The number of carbonyl (C=O) groups is 3. The molecule has 0 bridgehead atoms. The van der Waals surface area contributed by atoms with Crippen molar-refractivity contribution in [1.82, 2.24) is 0 Å². The van der Waals surface area contributed by atoms with Crippen molar-refractivity contribution in [3.8, 4) is 0 Å². The molecule has 71 heavy (non-hydrogen) atoms. The number of hydrogen-bond acceptors (Lipinski definition) is 6. The molecule has 0 radical (unpaired) electrons. The Kier molecular flexibility index (Phi) is 58.0. The van der Waals surface area contributed by atoms with E-state index in [-0.39, 0.29) is 31.1 Å². The highest BCUT2D eigenvalue weighted by molar-refractivity contribution is 5.71. The van der Waals surface area contributed by atoms with Crippen molar-refractivity contribution in [3.63, 3.8) is 0 Å². The van der Waals surface area contributed by atoms with Gasteiger partial charge in [0.1, 0.15) is 13.2 Å². The van der Waals surface area contributed by atoms with Crippen LogP contribution in [0.2, 0.25) is 0 Å². The lowest BCUT2D eigenvalue weighted by atomic mass is 10.0. The second kappa shape index (κ2) is 59.3. The Balaban J connectivity index is 4.27. The maximum absolute atomic E-state index is 12.9. The van der Waals surface area contributed by atoms with Gasteiger partial charge in [-0.25, -0.2) is 0 Å². The van der Waals surface area contributed by atoms with E-state index < -0.39 is 6.10 Å². The molecular formula is C65H126O6. The van der Waals surface area contributed by atoms with E-state index in [0.29, 0.717) is 19.3 Å². The van der Waals surface area contributed by atoms with Crippen LogP contribution in [0.1, 0.15) is 374 Å². The SMILES string of the molecule is CCCCCCCCCCCCCCCCCCCCCC(=O)O[C@H](COC(=O)CCCCCCCCCCCCCCCCC)COC(=O)CCCCCCCCCCCCCCCCCCC(C)C. The molecule has 0 saturated heterocycles. The summed E-state index contributed by atoms with van der Waals surface area (Å²) < 4.78 is 17.0. The summed E-state index contributed by atoms with van der Waals surface area (Å²) in [4.78, 5) is 38.3. The van der Waals surface area contributed by atoms with Crippen LogP contribution in [-0.4, -0.2) is 37.2 Å². The van der Waals surface area contributed by atoms with E-state index in [9.17, 15) is 14.4 Å². The van der Waals surface area contributed by atoms with Gasteiger partial charge in [0.05, 0.1) is 0 Å². The summed E-state index contributed by atoms with van der Waals surface area (Å²) >= 11 is 0. The molecule has 0 aliphatic carbocycles. The van der Waals surface area contributed by atoms with E-state index in [2.05, 4.69) is 27.7 Å². The van der Waals surface area contributed by atoms with Crippen LogP contribution in [0.4, 0.5) is 0 Å². The zero-order valence-corrected chi connectivity index (χ0v) is 48.7. The molecule has 0 rings (SSSR count). The standard InChI is InChI=1S/C65H126O6/c1-5-7-9-11-13-15-17-19-21-22-23-24-30-34-38-42-46-50-54-58-65(68)71-62(59-69-63(66)56-52-48-44-40-36-32-27-20-18-16-14-12-10-8-6-2)60-70-64(67)57-53-49-45-41-37-33-29-26-25-28-31-35-39-43-47-51-55-61(3)4/h61-62H,5-60H2,1-4H3/t62-/m1/s1. The van der Waals surface area contributed by atoms with Crippen molar-refractivity contribution < 1.29 is 28.6 Å². The smallest absolute Gasteiger partial charge is 0.306 e. The summed E-state index contributed by atoms with van der Waals surface area (Å²) in [6.07, 6.45) is 66.8. The van der Waals surface area contributed by atoms with E-state index in [0.717, 1.165) is 63.7 Å². The number of ether oxygens (including phenoxy) is 3. The quantitative estimate of drug-likeness (QED) is 0.0343. The molecule has 0 saturated carbocycles. The molecule has 0 unspecified atom stereocenters. The molecule has 0 aliphatic rings. The molecule has 0 N–H and O–H groups in total. The van der Waals surface area contributed by atoms with Crippen LogP contribution in [-0.2, 0) is 28.6 Å². The van der Waals surface area contributed by atoms with E-state index in [4.69, 9.17) is 14.2 Å². The normalized spacial score (nSPS) is 12.0. The third-order valence-corrected chi connectivity index (χ3v) is 15.0. The zero-order chi connectivity index (χ0) is 51.6. The van der Waals surface area contributed by atoms with Crippen LogP contribution in [0.15, 0.2) is 0 Å². The first-order valence-electron chi connectivity index (χ1n) is 32.4. The third-order valence-electron chi connectivity index (χ3n) is 15.0. The van der Waals surface area contributed by atoms with Crippen molar-refractivity contribution in [2.24, 2.45) is 5.92 Å². The number of hydrogen-bond donors (Lipinski definition) is 0. The van der Waals surface area contributed by atoms with Gasteiger partial charge in [0.15, 0.2) is 6.10 Å². The molecule has 0 spiro atoms. The molecule has 0 aromatic carbocycles. The predicted octanol–water partition coefficient (Wildman–Crippen LogP) is 21.7. The predicted molar refractivity (Wildman–Crippen MR) is 307 cm³/mol. The van der Waals surface area contributed by atoms with Crippen LogP contribution >= 0.6 is 0 Å². The number of carbonyl (C=O) groups excluding carboxylic acids is 3. The maximum atomic E-state index is 12.9. The fourth-order valence-electron chi connectivity index (χ4n) is 10.2. The van der Waals surface area contributed by atoms with Crippen molar-refractivity contribution in [2.75, 3.05) is 13.2 Å². The van der Waals surface area contributed by atoms with Crippen molar-refractivity contribution in [1.29, 1.82) is 0 Å². The molecule has 0 aromatic rings. The van der Waals surface area contributed by atoms with E-state index >= 15 is 0 Å². The van der Waals surface area contributed by atoms with Gasteiger partial charge in [-0.3, -0.25) is 14.4 Å². The molecule has 0 aliphatic heterocycles. The maximum Gasteiger partial charge on any atom is 0.306 e. The summed E-state index contributed by atoms with van der Waals surface area (Å²) in [6.45, 7) is 9.10. The first kappa shape index (κ1) is 69.4. The van der Waals surface area contributed by atoms with Crippen LogP contribution in [0.25, 0.3) is 0 Å². The molecule has 6 heteroatoms. The van der Waals surface area contributed by atoms with Gasteiger partial charge < -0.3 is 14.2 Å². The molecular weight excluding hydrogens is 877 g/mol. The minimum Gasteiger partial charge on any atom is -0.462 e. The second-order valence-corrected chi connectivity index (χ2v) is 22.9. The highest BCUT2D eigenvalue weighted by atomic mass is 16.6. The van der Waals surface area contributed by atoms with Gasteiger partial charge in [-0.05, 0) is 25.2 Å². The summed E-state index contributed by atoms with van der Waals surface area (Å²) in [5.74, 6) is 0.0268. The zero-order valence-electron chi connectivity index (χ0n) is 48.7. The highest BCUT2D eigenvalue weighted by Crippen LogP contribution is 2.19. The minimum absolute atomic E-state index is 0.0610. The Labute approximate surface area is 444 Å². The lowest BCUT2D eigenvalue weighted by Gasteiger charge is -2.18. The van der Waals surface area contributed by atoms with Crippen molar-refractivity contribution >= 4 is 17.9 Å². The first-order valence-corrected chi connectivity index (χ1v) is 32.4. The summed E-state index contributed by atoms with van der Waals surface area (Å²) in [6, 6.07) is 0. The van der Waals surface area contributed by atoms with Crippen LogP contribution in [0.5, 0.6) is 0 Å². The molecule has 0 amide bonds. The van der Waals surface area contributed by atoms with Gasteiger partial charge in [0, 0.05) is 19.3 Å². The summed E-state index contributed by atoms with van der Waals surface area (Å²) in [5, 5.41) is 0. The Morgan fingerprint density at radius 3 is 0.690 bits per heavy atom. The van der Waals surface area contributed by atoms with Crippen LogP contribution in [0, 0.1) is 5.92 Å². The average molecular weight is 1000 g/mol. The first-order chi connectivity index (χ1) is 34.9. The molecule has 6 nitrogen and oxygen atoms in total. The Bertz CT molecular complexity index is 1070. The van der Waals surface area contributed by atoms with E-state index in [1.54, 1.807) is 0 Å². The topological polar surface area (TPSA) is 78.9 Å². The van der Waals surface area contributed by atoms with E-state index in [1.807, 2.05) is 0 Å². The lowest BCUT2D eigenvalue weighted by Crippen LogP contribution is -2.30. The fraction of sp³-hybridized carbons (Fsp3) is 0.954. The summed E-state index contributed by atoms with van der Waals surface area (Å²) in [7, 11) is 0. The largest absolute Gasteiger partial charge is 0.462 e. The molecule has 1 atom stereocenters. The van der Waals surface area contributed by atoms with Gasteiger partial charge in [-0.15, -0.1) is 0 Å². The minimum atomic E-state index is -0.763. The van der Waals surface area contributed by atoms with Gasteiger partial charge in [0.2, 0.25) is 0 Å². The second-order valence-electron chi connectivity index (χ2n) is 22.9. The number of esters is 3.